The lowest BCUT2D eigenvalue weighted by atomic mass is 10.1. The van der Waals surface area contributed by atoms with Crippen LogP contribution in [0.1, 0.15) is 19.8 Å². The van der Waals surface area contributed by atoms with Crippen molar-refractivity contribution in [1.82, 2.24) is 9.62 Å². The number of halogens is 1. The summed E-state index contributed by atoms with van der Waals surface area (Å²) in [4.78, 5) is 2.21. The molecule has 1 N–H and O–H groups in total. The third-order valence-corrected chi connectivity index (χ3v) is 5.06. The predicted octanol–water partition coefficient (Wildman–Crippen LogP) is 0.875. The van der Waals surface area contributed by atoms with E-state index in [0.29, 0.717) is 5.88 Å². The van der Waals surface area contributed by atoms with Crippen LogP contribution >= 0.6 is 11.6 Å². The number of hydrogen-bond donors (Lipinski definition) is 1. The van der Waals surface area contributed by atoms with Gasteiger partial charge < -0.3 is 4.90 Å². The first-order valence-corrected chi connectivity index (χ1v) is 7.86. The Hall–Kier alpha value is 0.160. The fourth-order valence-corrected chi connectivity index (χ4v) is 3.79. The summed E-state index contributed by atoms with van der Waals surface area (Å²) in [6, 6.07) is 0.101. The first-order valence-electron chi connectivity index (χ1n) is 5.67. The highest BCUT2D eigenvalue weighted by atomic mass is 35.5. The Bertz CT molecular complexity index is 300. The van der Waals surface area contributed by atoms with Crippen molar-refractivity contribution in [2.75, 3.05) is 31.8 Å². The number of piperidine rings is 1. The Balaban J connectivity index is 2.40. The summed E-state index contributed by atoms with van der Waals surface area (Å²) in [7, 11) is -1.11. The van der Waals surface area contributed by atoms with E-state index in [2.05, 4.69) is 16.7 Å². The Kier molecular flexibility index (Phi) is 5.50. The summed E-state index contributed by atoms with van der Waals surface area (Å²) in [6.45, 7) is 3.76. The molecule has 6 heteroatoms. The third-order valence-electron chi connectivity index (χ3n) is 2.83. The van der Waals surface area contributed by atoms with Crippen LogP contribution in [0.25, 0.3) is 0 Å². The molecule has 0 aromatic carbocycles. The quantitative estimate of drug-likeness (QED) is 0.753. The summed E-state index contributed by atoms with van der Waals surface area (Å²) < 4.78 is 26.3. The van der Waals surface area contributed by atoms with Crippen LogP contribution in [0, 0.1) is 5.92 Å². The van der Waals surface area contributed by atoms with Crippen molar-refractivity contribution in [1.29, 1.82) is 0 Å². The summed E-state index contributed by atoms with van der Waals surface area (Å²) in [6.07, 6.45) is 1.79. The second-order valence-electron chi connectivity index (χ2n) is 4.74. The lowest BCUT2D eigenvalue weighted by Crippen LogP contribution is -2.44. The van der Waals surface area contributed by atoms with Gasteiger partial charge in [-0.25, -0.2) is 13.1 Å². The van der Waals surface area contributed by atoms with Crippen LogP contribution in [0.5, 0.6) is 0 Å². The molecule has 0 radical (unpaired) electrons. The fraction of sp³-hybridized carbons (Fsp3) is 1.00. The zero-order valence-corrected chi connectivity index (χ0v) is 11.5. The van der Waals surface area contributed by atoms with Gasteiger partial charge in [-0.3, -0.25) is 0 Å². The molecule has 1 heterocycles. The second kappa shape index (κ2) is 6.19. The van der Waals surface area contributed by atoms with Gasteiger partial charge in [-0.05, 0) is 38.9 Å². The molecular formula is C10H21ClN2O2S. The molecule has 4 nitrogen and oxygen atoms in total. The lowest BCUT2D eigenvalue weighted by molar-refractivity contribution is 0.248. The zero-order valence-electron chi connectivity index (χ0n) is 9.95. The van der Waals surface area contributed by atoms with E-state index in [9.17, 15) is 8.42 Å². The van der Waals surface area contributed by atoms with E-state index in [0.717, 1.165) is 25.9 Å². The highest BCUT2D eigenvalue weighted by Gasteiger charge is 2.23. The van der Waals surface area contributed by atoms with Crippen molar-refractivity contribution in [2.45, 2.75) is 25.8 Å². The maximum atomic E-state index is 11.8. The number of rotatable bonds is 5. The molecule has 96 valence electrons. The van der Waals surface area contributed by atoms with Crippen LogP contribution in [0.4, 0.5) is 0 Å². The first-order chi connectivity index (χ1) is 7.43. The molecule has 1 aliphatic heterocycles. The van der Waals surface area contributed by atoms with Crippen LogP contribution in [0.2, 0.25) is 0 Å². The van der Waals surface area contributed by atoms with E-state index in [4.69, 9.17) is 11.6 Å². The van der Waals surface area contributed by atoms with Crippen molar-refractivity contribution in [3.05, 3.63) is 0 Å². The maximum Gasteiger partial charge on any atom is 0.212 e. The van der Waals surface area contributed by atoms with E-state index in [-0.39, 0.29) is 17.7 Å². The summed E-state index contributed by atoms with van der Waals surface area (Å²) in [5.74, 6) is 0.516. The lowest BCUT2D eigenvalue weighted by Gasteiger charge is -2.29. The predicted molar refractivity (Wildman–Crippen MR) is 67.3 cm³/mol. The molecule has 0 spiro atoms. The van der Waals surface area contributed by atoms with Crippen molar-refractivity contribution < 1.29 is 8.42 Å². The fourth-order valence-electron chi connectivity index (χ4n) is 1.85. The van der Waals surface area contributed by atoms with Gasteiger partial charge in [-0.1, -0.05) is 6.92 Å². The van der Waals surface area contributed by atoms with Gasteiger partial charge >= 0.3 is 0 Å². The minimum Gasteiger partial charge on any atom is -0.306 e. The van der Waals surface area contributed by atoms with E-state index in [1.165, 1.54) is 0 Å². The topological polar surface area (TPSA) is 49.4 Å². The van der Waals surface area contributed by atoms with Crippen LogP contribution < -0.4 is 4.72 Å². The smallest absolute Gasteiger partial charge is 0.212 e. The Morgan fingerprint density at radius 3 is 2.50 bits per heavy atom. The molecule has 1 saturated heterocycles. The minimum atomic E-state index is -3.16. The molecule has 1 unspecified atom stereocenters. The van der Waals surface area contributed by atoms with E-state index in [1.807, 2.05) is 6.92 Å². The molecule has 0 amide bonds. The minimum absolute atomic E-state index is 0.00503. The Labute approximate surface area is 103 Å². The first kappa shape index (κ1) is 14.2. The molecule has 1 fully saturated rings. The average molecular weight is 269 g/mol. The number of alkyl halides is 1. The molecule has 0 aliphatic carbocycles. The van der Waals surface area contributed by atoms with Gasteiger partial charge in [0.05, 0.1) is 5.75 Å². The molecule has 0 bridgehead atoms. The number of likely N-dealkylation sites (tertiary alicyclic amines) is 1. The van der Waals surface area contributed by atoms with E-state index < -0.39 is 10.0 Å². The normalized spacial score (nSPS) is 22.2. The molecular weight excluding hydrogens is 248 g/mol. The molecule has 0 aromatic heterocycles. The van der Waals surface area contributed by atoms with E-state index in [1.54, 1.807) is 0 Å². The van der Waals surface area contributed by atoms with Crippen molar-refractivity contribution in [2.24, 2.45) is 5.92 Å². The van der Waals surface area contributed by atoms with Crippen molar-refractivity contribution >= 4 is 21.6 Å². The molecule has 0 aromatic rings. The van der Waals surface area contributed by atoms with Gasteiger partial charge in [0.1, 0.15) is 0 Å². The molecule has 1 aliphatic rings. The van der Waals surface area contributed by atoms with Crippen molar-refractivity contribution in [3.8, 4) is 0 Å². The largest absolute Gasteiger partial charge is 0.306 e. The zero-order chi connectivity index (χ0) is 12.2. The number of hydrogen-bond acceptors (Lipinski definition) is 3. The van der Waals surface area contributed by atoms with Gasteiger partial charge in [-0.15, -0.1) is 11.6 Å². The van der Waals surface area contributed by atoms with Crippen LogP contribution in [-0.2, 0) is 10.0 Å². The van der Waals surface area contributed by atoms with Gasteiger partial charge in [-0.2, -0.15) is 0 Å². The number of sulfonamides is 1. The SMILES string of the molecule is CC(CCl)CS(=O)(=O)NC1CCN(C)CC1. The molecule has 1 rings (SSSR count). The molecule has 0 saturated carbocycles. The number of nitrogens with zero attached hydrogens (tertiary/aromatic N) is 1. The molecule has 16 heavy (non-hydrogen) atoms. The summed E-state index contributed by atoms with van der Waals surface area (Å²) in [5.41, 5.74) is 0. The standard InChI is InChI=1S/C10H21ClN2O2S/c1-9(7-11)8-16(14,15)12-10-3-5-13(2)6-4-10/h9-10,12H,3-8H2,1-2H3. The molecule has 1 atom stereocenters. The average Bonchev–Trinajstić information content (AvgIpc) is 2.20. The van der Waals surface area contributed by atoms with Crippen LogP contribution in [0.3, 0.4) is 0 Å². The van der Waals surface area contributed by atoms with Gasteiger partial charge in [0, 0.05) is 11.9 Å². The van der Waals surface area contributed by atoms with E-state index >= 15 is 0 Å². The van der Waals surface area contributed by atoms with Crippen LogP contribution in [0.15, 0.2) is 0 Å². The van der Waals surface area contributed by atoms with Gasteiger partial charge in [0.15, 0.2) is 0 Å². The maximum absolute atomic E-state index is 11.8. The highest BCUT2D eigenvalue weighted by molar-refractivity contribution is 7.89. The Morgan fingerprint density at radius 2 is 2.00 bits per heavy atom. The summed E-state index contributed by atoms with van der Waals surface area (Å²) >= 11 is 5.62. The Morgan fingerprint density at radius 1 is 1.44 bits per heavy atom. The second-order valence-corrected chi connectivity index (χ2v) is 6.84. The van der Waals surface area contributed by atoms with Crippen molar-refractivity contribution in [3.63, 3.8) is 0 Å². The van der Waals surface area contributed by atoms with Crippen LogP contribution in [-0.4, -0.2) is 51.1 Å². The third kappa shape index (κ3) is 4.99. The van der Waals surface area contributed by atoms with Gasteiger partial charge in [0.25, 0.3) is 0 Å². The van der Waals surface area contributed by atoms with Gasteiger partial charge in [0.2, 0.25) is 10.0 Å². The monoisotopic (exact) mass is 268 g/mol. The highest BCUT2D eigenvalue weighted by Crippen LogP contribution is 2.11. The summed E-state index contributed by atoms with van der Waals surface area (Å²) in [5, 5.41) is 0. The number of nitrogens with one attached hydrogen (secondary N) is 1.